The standard InChI is InChI=1S/C9H13ClN4/c1-7-6-12-9(13-8(7)10)14-4-2-11-3-5-14/h6,11H,2-5H2,1H3. The molecule has 1 fully saturated rings. The van der Waals surface area contributed by atoms with Crippen LogP contribution in [-0.4, -0.2) is 36.1 Å². The zero-order valence-corrected chi connectivity index (χ0v) is 8.88. The lowest BCUT2D eigenvalue weighted by Gasteiger charge is -2.27. The number of aryl methyl sites for hydroxylation is 1. The Hall–Kier alpha value is -0.870. The van der Waals surface area contributed by atoms with Gasteiger partial charge < -0.3 is 10.2 Å². The second-order valence-corrected chi connectivity index (χ2v) is 3.74. The van der Waals surface area contributed by atoms with Gasteiger partial charge in [-0.2, -0.15) is 0 Å². The van der Waals surface area contributed by atoms with Crippen molar-refractivity contribution in [2.45, 2.75) is 6.92 Å². The normalized spacial score (nSPS) is 17.1. The van der Waals surface area contributed by atoms with Crippen LogP contribution in [0.15, 0.2) is 6.20 Å². The van der Waals surface area contributed by atoms with Gasteiger partial charge in [0, 0.05) is 37.9 Å². The van der Waals surface area contributed by atoms with Gasteiger partial charge in [-0.15, -0.1) is 0 Å². The Balaban J connectivity index is 2.18. The minimum atomic E-state index is 0.550. The molecule has 2 heterocycles. The zero-order chi connectivity index (χ0) is 9.97. The van der Waals surface area contributed by atoms with Gasteiger partial charge in [0.25, 0.3) is 0 Å². The lowest BCUT2D eigenvalue weighted by Crippen LogP contribution is -2.44. The Bertz CT molecular complexity index is 323. The number of hydrogen-bond donors (Lipinski definition) is 1. The smallest absolute Gasteiger partial charge is 0.226 e. The predicted octanol–water partition coefficient (Wildman–Crippen LogP) is 0.848. The second-order valence-electron chi connectivity index (χ2n) is 3.38. The molecule has 2 rings (SSSR count). The van der Waals surface area contributed by atoms with Gasteiger partial charge in [0.05, 0.1) is 0 Å². The first-order valence-electron chi connectivity index (χ1n) is 4.72. The molecule has 1 aromatic rings. The first kappa shape index (κ1) is 9.68. The fourth-order valence-corrected chi connectivity index (χ4v) is 1.55. The molecule has 0 aromatic carbocycles. The molecule has 0 bridgehead atoms. The van der Waals surface area contributed by atoms with Crippen LogP contribution in [0.4, 0.5) is 5.95 Å². The van der Waals surface area contributed by atoms with Crippen LogP contribution in [0.3, 0.4) is 0 Å². The van der Waals surface area contributed by atoms with Crippen molar-refractivity contribution in [3.63, 3.8) is 0 Å². The van der Waals surface area contributed by atoms with Crippen molar-refractivity contribution in [1.29, 1.82) is 0 Å². The van der Waals surface area contributed by atoms with Crippen molar-refractivity contribution in [2.24, 2.45) is 0 Å². The van der Waals surface area contributed by atoms with Gasteiger partial charge in [0.15, 0.2) is 0 Å². The van der Waals surface area contributed by atoms with E-state index in [2.05, 4.69) is 20.2 Å². The molecule has 14 heavy (non-hydrogen) atoms. The van der Waals surface area contributed by atoms with E-state index in [1.165, 1.54) is 0 Å². The highest BCUT2D eigenvalue weighted by atomic mass is 35.5. The van der Waals surface area contributed by atoms with Gasteiger partial charge in [-0.1, -0.05) is 11.6 Å². The summed E-state index contributed by atoms with van der Waals surface area (Å²) < 4.78 is 0. The van der Waals surface area contributed by atoms with E-state index in [1.807, 2.05) is 6.92 Å². The third-order valence-electron chi connectivity index (χ3n) is 2.30. The Kier molecular flexibility index (Phi) is 2.84. The average molecular weight is 213 g/mol. The van der Waals surface area contributed by atoms with E-state index < -0.39 is 0 Å². The summed E-state index contributed by atoms with van der Waals surface area (Å²) in [5.41, 5.74) is 0.922. The van der Waals surface area contributed by atoms with E-state index in [1.54, 1.807) is 6.20 Å². The number of piperazine rings is 1. The lowest BCUT2D eigenvalue weighted by atomic mass is 10.4. The van der Waals surface area contributed by atoms with Crippen molar-refractivity contribution in [1.82, 2.24) is 15.3 Å². The average Bonchev–Trinajstić information content (AvgIpc) is 2.23. The first-order chi connectivity index (χ1) is 6.77. The van der Waals surface area contributed by atoms with Crippen molar-refractivity contribution >= 4 is 17.5 Å². The van der Waals surface area contributed by atoms with Crippen molar-refractivity contribution in [3.8, 4) is 0 Å². The van der Waals surface area contributed by atoms with E-state index in [4.69, 9.17) is 11.6 Å². The second kappa shape index (κ2) is 4.11. The number of anilines is 1. The van der Waals surface area contributed by atoms with Crippen LogP contribution in [0, 0.1) is 6.92 Å². The number of nitrogens with zero attached hydrogens (tertiary/aromatic N) is 3. The van der Waals surface area contributed by atoms with Crippen molar-refractivity contribution in [2.75, 3.05) is 31.1 Å². The molecular weight excluding hydrogens is 200 g/mol. The van der Waals surface area contributed by atoms with Gasteiger partial charge in [-0.25, -0.2) is 9.97 Å². The summed E-state index contributed by atoms with van der Waals surface area (Å²) >= 11 is 5.94. The zero-order valence-electron chi connectivity index (χ0n) is 8.13. The molecule has 1 aliphatic rings. The van der Waals surface area contributed by atoms with Crippen LogP contribution in [0.1, 0.15) is 5.56 Å². The molecule has 0 amide bonds. The fourth-order valence-electron chi connectivity index (χ4n) is 1.43. The molecule has 0 unspecified atom stereocenters. The number of rotatable bonds is 1. The molecule has 0 radical (unpaired) electrons. The SMILES string of the molecule is Cc1cnc(N2CCNCC2)nc1Cl. The highest BCUT2D eigenvalue weighted by Gasteiger charge is 2.13. The van der Waals surface area contributed by atoms with Gasteiger partial charge in [-0.3, -0.25) is 0 Å². The highest BCUT2D eigenvalue weighted by Crippen LogP contribution is 2.15. The largest absolute Gasteiger partial charge is 0.338 e. The van der Waals surface area contributed by atoms with E-state index in [0.717, 1.165) is 37.7 Å². The first-order valence-corrected chi connectivity index (χ1v) is 5.10. The van der Waals surface area contributed by atoms with Crippen LogP contribution in [0.2, 0.25) is 5.15 Å². The summed E-state index contributed by atoms with van der Waals surface area (Å²) in [4.78, 5) is 10.7. The maximum absolute atomic E-state index is 5.94. The summed E-state index contributed by atoms with van der Waals surface area (Å²) in [6.45, 7) is 5.76. The molecule has 1 aromatic heterocycles. The molecule has 76 valence electrons. The van der Waals surface area contributed by atoms with E-state index in [0.29, 0.717) is 5.15 Å². The molecule has 1 saturated heterocycles. The van der Waals surface area contributed by atoms with Crippen molar-refractivity contribution < 1.29 is 0 Å². The van der Waals surface area contributed by atoms with E-state index in [-0.39, 0.29) is 0 Å². The summed E-state index contributed by atoms with van der Waals surface area (Å²) in [5, 5.41) is 3.83. The van der Waals surface area contributed by atoms with Crippen LogP contribution >= 0.6 is 11.6 Å². The summed E-state index contributed by atoms with van der Waals surface area (Å²) in [6.07, 6.45) is 1.77. The molecule has 1 aliphatic heterocycles. The lowest BCUT2D eigenvalue weighted by molar-refractivity contribution is 0.579. The minimum absolute atomic E-state index is 0.550. The summed E-state index contributed by atoms with van der Waals surface area (Å²) in [7, 11) is 0. The summed E-state index contributed by atoms with van der Waals surface area (Å²) in [6, 6.07) is 0. The predicted molar refractivity (Wildman–Crippen MR) is 56.9 cm³/mol. The monoisotopic (exact) mass is 212 g/mol. The molecule has 1 N–H and O–H groups in total. The van der Waals surface area contributed by atoms with Gasteiger partial charge in [-0.05, 0) is 6.92 Å². The third kappa shape index (κ3) is 1.96. The minimum Gasteiger partial charge on any atom is -0.338 e. The quantitative estimate of drug-likeness (QED) is 0.701. The molecule has 0 saturated carbocycles. The van der Waals surface area contributed by atoms with E-state index >= 15 is 0 Å². The van der Waals surface area contributed by atoms with Crippen LogP contribution in [-0.2, 0) is 0 Å². The van der Waals surface area contributed by atoms with Crippen LogP contribution in [0.25, 0.3) is 0 Å². The number of nitrogens with one attached hydrogen (secondary N) is 1. The molecule has 5 heteroatoms. The van der Waals surface area contributed by atoms with Crippen molar-refractivity contribution in [3.05, 3.63) is 16.9 Å². The van der Waals surface area contributed by atoms with Gasteiger partial charge >= 0.3 is 0 Å². The summed E-state index contributed by atoms with van der Waals surface area (Å²) in [5.74, 6) is 0.738. The molecule has 4 nitrogen and oxygen atoms in total. The van der Waals surface area contributed by atoms with Gasteiger partial charge in [0.2, 0.25) is 5.95 Å². The Morgan fingerprint density at radius 3 is 2.79 bits per heavy atom. The Labute approximate surface area is 88.3 Å². The molecular formula is C9H13ClN4. The highest BCUT2D eigenvalue weighted by molar-refractivity contribution is 6.30. The molecule has 0 spiro atoms. The number of aromatic nitrogens is 2. The maximum Gasteiger partial charge on any atom is 0.226 e. The van der Waals surface area contributed by atoms with E-state index in [9.17, 15) is 0 Å². The molecule has 0 atom stereocenters. The number of halogens is 1. The fraction of sp³-hybridized carbons (Fsp3) is 0.556. The third-order valence-corrected chi connectivity index (χ3v) is 2.68. The Morgan fingerprint density at radius 2 is 2.14 bits per heavy atom. The van der Waals surface area contributed by atoms with Crippen LogP contribution in [0.5, 0.6) is 0 Å². The Morgan fingerprint density at radius 1 is 1.43 bits per heavy atom. The van der Waals surface area contributed by atoms with Gasteiger partial charge in [0.1, 0.15) is 5.15 Å². The topological polar surface area (TPSA) is 41.1 Å². The number of hydrogen-bond acceptors (Lipinski definition) is 4. The molecule has 0 aliphatic carbocycles. The van der Waals surface area contributed by atoms with Crippen LogP contribution < -0.4 is 10.2 Å². The maximum atomic E-state index is 5.94.